The van der Waals surface area contributed by atoms with E-state index in [9.17, 15) is 0 Å². The lowest BCUT2D eigenvalue weighted by Gasteiger charge is -2.00. The van der Waals surface area contributed by atoms with Gasteiger partial charge in [0.2, 0.25) is 0 Å². The van der Waals surface area contributed by atoms with Crippen LogP contribution in [0.4, 0.5) is 0 Å². The van der Waals surface area contributed by atoms with Gasteiger partial charge >= 0.3 is 0 Å². The van der Waals surface area contributed by atoms with E-state index in [1.807, 2.05) is 42.2 Å². The Bertz CT molecular complexity index is 303. The molecule has 0 aromatic carbocycles. The Balaban J connectivity index is 2.29. The Hall–Kier alpha value is -1.02. The van der Waals surface area contributed by atoms with Gasteiger partial charge in [0.1, 0.15) is 0 Å². The van der Waals surface area contributed by atoms with Crippen LogP contribution in [0.3, 0.4) is 0 Å². The monoisotopic (exact) mass is 205 g/mol. The van der Waals surface area contributed by atoms with Crippen LogP contribution in [0.1, 0.15) is 12.6 Å². The average molecular weight is 205 g/mol. The highest BCUT2D eigenvalue weighted by Gasteiger charge is 1.94. The number of aromatic nitrogens is 1. The number of hydrogen-bond acceptors (Lipinski definition) is 2. The first-order chi connectivity index (χ1) is 6.83. The zero-order valence-electron chi connectivity index (χ0n) is 8.44. The van der Waals surface area contributed by atoms with Crippen LogP contribution in [0.15, 0.2) is 48.0 Å². The van der Waals surface area contributed by atoms with Gasteiger partial charge in [0.05, 0.1) is 0 Å². The lowest BCUT2D eigenvalue weighted by atomic mass is 10.3. The maximum Gasteiger partial charge on any atom is 0.0411 e. The summed E-state index contributed by atoms with van der Waals surface area (Å²) in [4.78, 5) is 5.57. The lowest BCUT2D eigenvalue weighted by molar-refractivity contribution is 1.05. The third kappa shape index (κ3) is 4.28. The molecule has 0 saturated heterocycles. The molecule has 14 heavy (non-hydrogen) atoms. The van der Waals surface area contributed by atoms with Crippen molar-refractivity contribution in [2.45, 2.75) is 13.3 Å². The standard InChI is InChI=1S/C12H15NS/c1-3-6-11(2)14-10-8-12-7-4-5-9-13-12/h3-7,9H,1,8,10H2,2H3. The van der Waals surface area contributed by atoms with E-state index in [0.717, 1.165) is 17.9 Å². The predicted octanol–water partition coefficient (Wildman–Crippen LogP) is 3.45. The fourth-order valence-electron chi connectivity index (χ4n) is 1.08. The smallest absolute Gasteiger partial charge is 0.0411 e. The number of hydrogen-bond donors (Lipinski definition) is 0. The largest absolute Gasteiger partial charge is 0.261 e. The molecule has 0 aliphatic heterocycles. The molecular weight excluding hydrogens is 190 g/mol. The number of thioether (sulfide) groups is 1. The van der Waals surface area contributed by atoms with Gasteiger partial charge < -0.3 is 0 Å². The van der Waals surface area contributed by atoms with Crippen molar-refractivity contribution in [1.82, 2.24) is 4.98 Å². The minimum atomic E-state index is 1.02. The molecule has 0 aliphatic rings. The molecular formula is C12H15NS. The minimum Gasteiger partial charge on any atom is -0.261 e. The van der Waals surface area contributed by atoms with Crippen LogP contribution < -0.4 is 0 Å². The quantitative estimate of drug-likeness (QED) is 0.683. The second-order valence-corrected chi connectivity index (χ2v) is 4.27. The Morgan fingerprint density at radius 2 is 2.43 bits per heavy atom. The molecule has 0 atom stereocenters. The van der Waals surface area contributed by atoms with Gasteiger partial charge in [-0.1, -0.05) is 24.8 Å². The molecule has 0 radical (unpaired) electrons. The summed E-state index contributed by atoms with van der Waals surface area (Å²) in [6.07, 6.45) is 6.71. The van der Waals surface area contributed by atoms with Crippen molar-refractivity contribution in [1.29, 1.82) is 0 Å². The van der Waals surface area contributed by atoms with Gasteiger partial charge in [0, 0.05) is 17.6 Å². The van der Waals surface area contributed by atoms with Gasteiger partial charge in [0.25, 0.3) is 0 Å². The summed E-state index contributed by atoms with van der Waals surface area (Å²) >= 11 is 1.85. The molecule has 0 N–H and O–H groups in total. The van der Waals surface area contributed by atoms with Crippen LogP contribution in [-0.2, 0) is 6.42 Å². The first-order valence-corrected chi connectivity index (χ1v) is 5.63. The van der Waals surface area contributed by atoms with E-state index in [2.05, 4.69) is 24.6 Å². The number of rotatable bonds is 5. The molecule has 1 aromatic rings. The normalized spacial score (nSPS) is 11.4. The molecule has 0 amide bonds. The fraction of sp³-hybridized carbons (Fsp3) is 0.250. The Morgan fingerprint density at radius 1 is 1.57 bits per heavy atom. The van der Waals surface area contributed by atoms with E-state index in [0.29, 0.717) is 0 Å². The summed E-state index contributed by atoms with van der Waals surface area (Å²) in [5, 5.41) is 0. The number of nitrogens with zero attached hydrogens (tertiary/aromatic N) is 1. The SMILES string of the molecule is C=CC=C(C)SCCc1ccccn1. The molecule has 0 saturated carbocycles. The fourth-order valence-corrected chi connectivity index (χ4v) is 1.90. The Kier molecular flexibility index (Phi) is 5.08. The van der Waals surface area contributed by atoms with Gasteiger partial charge in [-0.05, 0) is 30.4 Å². The van der Waals surface area contributed by atoms with Crippen LogP contribution in [0.2, 0.25) is 0 Å². The number of aryl methyl sites for hydroxylation is 1. The van der Waals surface area contributed by atoms with Crippen LogP contribution in [0.5, 0.6) is 0 Å². The van der Waals surface area contributed by atoms with Crippen LogP contribution in [0, 0.1) is 0 Å². The minimum absolute atomic E-state index is 1.02. The molecule has 1 heterocycles. The van der Waals surface area contributed by atoms with Crippen molar-refractivity contribution < 1.29 is 0 Å². The third-order valence-electron chi connectivity index (χ3n) is 1.77. The van der Waals surface area contributed by atoms with Gasteiger partial charge in [-0.2, -0.15) is 0 Å². The summed E-state index contributed by atoms with van der Waals surface area (Å²) in [7, 11) is 0. The second kappa shape index (κ2) is 6.44. The molecule has 0 spiro atoms. The second-order valence-electron chi connectivity index (χ2n) is 2.93. The van der Waals surface area contributed by atoms with Gasteiger partial charge in [-0.15, -0.1) is 11.8 Å². The molecule has 0 fully saturated rings. The first-order valence-electron chi connectivity index (χ1n) is 4.65. The summed E-state index contributed by atoms with van der Waals surface area (Å²) in [6, 6.07) is 6.03. The zero-order valence-corrected chi connectivity index (χ0v) is 9.26. The third-order valence-corrected chi connectivity index (χ3v) is 2.77. The van der Waals surface area contributed by atoms with Crippen LogP contribution in [0.25, 0.3) is 0 Å². The van der Waals surface area contributed by atoms with Crippen molar-refractivity contribution in [2.75, 3.05) is 5.75 Å². The summed E-state index contributed by atoms with van der Waals surface area (Å²) in [5.74, 6) is 1.08. The number of pyridine rings is 1. The Labute approximate surface area is 89.9 Å². The first kappa shape index (κ1) is 11.1. The van der Waals surface area contributed by atoms with Gasteiger partial charge in [-0.3, -0.25) is 4.98 Å². The molecule has 0 unspecified atom stereocenters. The molecule has 1 aromatic heterocycles. The van der Waals surface area contributed by atoms with Crippen molar-refractivity contribution in [3.63, 3.8) is 0 Å². The highest BCUT2D eigenvalue weighted by atomic mass is 32.2. The van der Waals surface area contributed by atoms with Crippen LogP contribution in [-0.4, -0.2) is 10.7 Å². The van der Waals surface area contributed by atoms with E-state index in [1.54, 1.807) is 0 Å². The van der Waals surface area contributed by atoms with Crippen molar-refractivity contribution in [2.24, 2.45) is 0 Å². The van der Waals surface area contributed by atoms with Crippen molar-refractivity contribution in [3.05, 3.63) is 53.7 Å². The van der Waals surface area contributed by atoms with Gasteiger partial charge in [0.15, 0.2) is 0 Å². The topological polar surface area (TPSA) is 12.9 Å². The van der Waals surface area contributed by atoms with E-state index < -0.39 is 0 Å². The highest BCUT2D eigenvalue weighted by molar-refractivity contribution is 8.03. The van der Waals surface area contributed by atoms with E-state index >= 15 is 0 Å². The molecule has 1 nitrogen and oxygen atoms in total. The average Bonchev–Trinajstić information content (AvgIpc) is 2.20. The predicted molar refractivity (Wildman–Crippen MR) is 64.4 cm³/mol. The molecule has 0 bridgehead atoms. The summed E-state index contributed by atoms with van der Waals surface area (Å²) in [5.41, 5.74) is 1.16. The molecule has 74 valence electrons. The highest BCUT2D eigenvalue weighted by Crippen LogP contribution is 2.15. The summed E-state index contributed by atoms with van der Waals surface area (Å²) < 4.78 is 0. The molecule has 2 heteroatoms. The summed E-state index contributed by atoms with van der Waals surface area (Å²) in [6.45, 7) is 5.77. The molecule has 0 aliphatic carbocycles. The van der Waals surface area contributed by atoms with E-state index in [4.69, 9.17) is 0 Å². The Morgan fingerprint density at radius 3 is 3.07 bits per heavy atom. The maximum atomic E-state index is 4.27. The zero-order chi connectivity index (χ0) is 10.2. The molecule has 1 rings (SSSR count). The number of allylic oxidation sites excluding steroid dienone is 3. The van der Waals surface area contributed by atoms with Crippen LogP contribution >= 0.6 is 11.8 Å². The maximum absolute atomic E-state index is 4.27. The van der Waals surface area contributed by atoms with Crippen molar-refractivity contribution >= 4 is 11.8 Å². The van der Waals surface area contributed by atoms with E-state index in [1.165, 1.54) is 4.91 Å². The van der Waals surface area contributed by atoms with E-state index in [-0.39, 0.29) is 0 Å². The van der Waals surface area contributed by atoms with Gasteiger partial charge in [-0.25, -0.2) is 0 Å². The lowest BCUT2D eigenvalue weighted by Crippen LogP contribution is -1.91. The van der Waals surface area contributed by atoms with Crippen molar-refractivity contribution in [3.8, 4) is 0 Å².